The van der Waals surface area contributed by atoms with Gasteiger partial charge in [-0.3, -0.25) is 14.6 Å². The third-order valence-corrected chi connectivity index (χ3v) is 9.87. The molecule has 6 rings (SSSR count). The van der Waals surface area contributed by atoms with Crippen molar-refractivity contribution in [1.29, 1.82) is 0 Å². The van der Waals surface area contributed by atoms with Crippen LogP contribution in [0.4, 0.5) is 0 Å². The first-order chi connectivity index (χ1) is 24.3. The van der Waals surface area contributed by atoms with E-state index < -0.39 is 5.97 Å². The maximum Gasteiger partial charge on any atom is 0.335 e. The van der Waals surface area contributed by atoms with Gasteiger partial charge in [-0.2, -0.15) is 0 Å². The van der Waals surface area contributed by atoms with Crippen LogP contribution in [0, 0.1) is 0 Å². The highest BCUT2D eigenvalue weighted by atomic mass is 32.2. The van der Waals surface area contributed by atoms with Gasteiger partial charge >= 0.3 is 5.97 Å². The van der Waals surface area contributed by atoms with Crippen molar-refractivity contribution in [3.05, 3.63) is 88.8 Å². The third kappa shape index (κ3) is 8.39. The van der Waals surface area contributed by atoms with Crippen molar-refractivity contribution in [2.75, 3.05) is 66.8 Å². The van der Waals surface area contributed by atoms with Gasteiger partial charge in [-0.05, 0) is 82.9 Å². The van der Waals surface area contributed by atoms with Gasteiger partial charge in [0.05, 0.1) is 44.5 Å². The summed E-state index contributed by atoms with van der Waals surface area (Å²) in [6.45, 7) is 5.27. The van der Waals surface area contributed by atoms with Crippen LogP contribution < -0.4 is 18.9 Å². The zero-order valence-electron chi connectivity index (χ0n) is 27.9. The number of hydrogen-bond acceptors (Lipinski definition) is 10. The molecular weight excluding hydrogens is 677 g/mol. The summed E-state index contributed by atoms with van der Waals surface area (Å²) in [6, 6.07) is 22.7. The van der Waals surface area contributed by atoms with Gasteiger partial charge in [0.1, 0.15) is 22.4 Å². The Labute approximate surface area is 300 Å². The van der Waals surface area contributed by atoms with Gasteiger partial charge in [0.2, 0.25) is 0 Å². The van der Waals surface area contributed by atoms with Crippen molar-refractivity contribution in [2.24, 2.45) is 0 Å². The number of methoxy groups -OCH3 is 2. The highest BCUT2D eigenvalue weighted by molar-refractivity contribution is 8.26. The van der Waals surface area contributed by atoms with Crippen molar-refractivity contribution >= 4 is 57.0 Å². The van der Waals surface area contributed by atoms with E-state index >= 15 is 0 Å². The summed E-state index contributed by atoms with van der Waals surface area (Å²) in [7, 11) is 3.12. The Hall–Kier alpha value is -4.62. The third-order valence-electron chi connectivity index (χ3n) is 8.50. The standard InChI is InChI=1S/C38H38N2O8S2/c1-44-30-9-7-26-22-28(6-5-27(26)23-30)31-20-25(4-10-32(31)48-19-15-39-13-17-46-18-14-39)21-35-36(41)40(38(49)50-35)12-3-16-47-33-11-8-29(37(42)43)24-34(33)45-2/h4-11,20-24H,3,12-19H2,1-2H3,(H,42,43)/b35-21-. The smallest absolute Gasteiger partial charge is 0.335 e. The highest BCUT2D eigenvalue weighted by Gasteiger charge is 2.31. The predicted octanol–water partition coefficient (Wildman–Crippen LogP) is 6.60. The molecule has 0 spiro atoms. The number of carboxylic acids is 1. The molecule has 0 radical (unpaired) electrons. The van der Waals surface area contributed by atoms with Gasteiger partial charge < -0.3 is 28.8 Å². The van der Waals surface area contributed by atoms with E-state index in [0.717, 1.165) is 71.8 Å². The number of ether oxygens (including phenoxy) is 5. The molecule has 1 N–H and O–H groups in total. The average molecular weight is 715 g/mol. The fourth-order valence-corrected chi connectivity index (χ4v) is 7.09. The zero-order valence-corrected chi connectivity index (χ0v) is 29.5. The Morgan fingerprint density at radius 2 is 1.64 bits per heavy atom. The van der Waals surface area contributed by atoms with Crippen molar-refractivity contribution in [1.82, 2.24) is 9.80 Å². The molecule has 0 aliphatic carbocycles. The van der Waals surface area contributed by atoms with Gasteiger partial charge in [-0.1, -0.05) is 48.2 Å². The molecule has 2 saturated heterocycles. The van der Waals surface area contributed by atoms with E-state index in [0.29, 0.717) is 40.3 Å². The number of carboxylic acid groups (broad SMARTS) is 1. The normalized spacial score (nSPS) is 15.9. The molecule has 50 heavy (non-hydrogen) atoms. The topological polar surface area (TPSA) is 107 Å². The molecule has 2 fully saturated rings. The van der Waals surface area contributed by atoms with Gasteiger partial charge in [-0.25, -0.2) is 4.79 Å². The number of carbonyl (C=O) groups excluding carboxylic acids is 1. The number of thioether (sulfide) groups is 1. The Morgan fingerprint density at radius 3 is 2.42 bits per heavy atom. The summed E-state index contributed by atoms with van der Waals surface area (Å²) in [5, 5.41) is 11.4. The van der Waals surface area contributed by atoms with Gasteiger partial charge in [0.15, 0.2) is 11.5 Å². The number of fused-ring (bicyclic) bond motifs is 1. The molecule has 2 aliphatic rings. The molecule has 4 aromatic rings. The molecule has 0 aromatic heterocycles. The van der Waals surface area contributed by atoms with Crippen molar-refractivity contribution in [2.45, 2.75) is 6.42 Å². The summed E-state index contributed by atoms with van der Waals surface area (Å²) >= 11 is 6.87. The fourth-order valence-electron chi connectivity index (χ4n) is 5.79. The number of hydrogen-bond donors (Lipinski definition) is 1. The number of amides is 1. The summed E-state index contributed by atoms with van der Waals surface area (Å²) in [4.78, 5) is 29.2. The van der Waals surface area contributed by atoms with Crippen LogP contribution in [0.1, 0.15) is 22.3 Å². The molecule has 1 amide bonds. The summed E-state index contributed by atoms with van der Waals surface area (Å²) < 4.78 is 28.9. The van der Waals surface area contributed by atoms with Gasteiger partial charge in [-0.15, -0.1) is 0 Å². The SMILES string of the molecule is COc1ccc2cc(-c3cc(/C=C4\SC(=S)N(CCCOc5ccc(C(=O)O)cc5OC)C4=O)ccc3OCCN3CCOCC3)ccc2c1. The molecule has 4 aromatic carbocycles. The van der Waals surface area contributed by atoms with Crippen molar-refractivity contribution < 1.29 is 38.4 Å². The highest BCUT2D eigenvalue weighted by Crippen LogP contribution is 2.37. The molecule has 2 aliphatic heterocycles. The van der Waals surface area contributed by atoms with Crippen LogP contribution in [-0.4, -0.2) is 97.9 Å². The molecular formula is C38H38N2O8S2. The lowest BCUT2D eigenvalue weighted by Crippen LogP contribution is -2.38. The minimum Gasteiger partial charge on any atom is -0.497 e. The molecule has 0 saturated carbocycles. The van der Waals surface area contributed by atoms with Crippen LogP contribution in [0.15, 0.2) is 77.7 Å². The number of thiocarbonyl (C=S) groups is 1. The second-order valence-electron chi connectivity index (χ2n) is 11.7. The molecule has 2 heterocycles. The number of benzene rings is 4. The Bertz CT molecular complexity index is 1920. The first-order valence-corrected chi connectivity index (χ1v) is 17.5. The molecule has 12 heteroatoms. The Balaban J connectivity index is 1.16. The largest absolute Gasteiger partial charge is 0.497 e. The Kier molecular flexibility index (Phi) is 11.5. The van der Waals surface area contributed by atoms with Crippen LogP contribution in [0.2, 0.25) is 0 Å². The second kappa shape index (κ2) is 16.4. The first kappa shape index (κ1) is 35.2. The summed E-state index contributed by atoms with van der Waals surface area (Å²) in [6.07, 6.45) is 2.38. The molecule has 0 unspecified atom stereocenters. The second-order valence-corrected chi connectivity index (χ2v) is 13.4. The van der Waals surface area contributed by atoms with E-state index in [4.69, 9.17) is 35.9 Å². The van der Waals surface area contributed by atoms with Crippen LogP contribution >= 0.6 is 24.0 Å². The molecule has 260 valence electrons. The van der Waals surface area contributed by atoms with Gasteiger partial charge in [0, 0.05) is 31.7 Å². The molecule has 0 atom stereocenters. The monoisotopic (exact) mass is 714 g/mol. The molecule has 10 nitrogen and oxygen atoms in total. The zero-order chi connectivity index (χ0) is 35.0. The minimum atomic E-state index is -1.05. The van der Waals surface area contributed by atoms with E-state index in [1.54, 1.807) is 18.1 Å². The Morgan fingerprint density at radius 1 is 0.880 bits per heavy atom. The lowest BCUT2D eigenvalue weighted by atomic mass is 9.98. The lowest BCUT2D eigenvalue weighted by molar-refractivity contribution is -0.122. The van der Waals surface area contributed by atoms with E-state index in [2.05, 4.69) is 29.2 Å². The van der Waals surface area contributed by atoms with Crippen molar-refractivity contribution in [3.8, 4) is 34.1 Å². The molecule has 0 bridgehead atoms. The van der Waals surface area contributed by atoms with Crippen LogP contribution in [-0.2, 0) is 9.53 Å². The maximum absolute atomic E-state index is 13.5. The van der Waals surface area contributed by atoms with Crippen LogP contribution in [0.25, 0.3) is 28.0 Å². The fraction of sp³-hybridized carbons (Fsp3) is 0.289. The number of nitrogens with zero attached hydrogens (tertiary/aromatic N) is 2. The summed E-state index contributed by atoms with van der Waals surface area (Å²) in [5.74, 6) is 1.12. The van der Waals surface area contributed by atoms with Crippen molar-refractivity contribution in [3.63, 3.8) is 0 Å². The average Bonchev–Trinajstić information content (AvgIpc) is 3.40. The van der Waals surface area contributed by atoms with E-state index in [9.17, 15) is 14.7 Å². The van der Waals surface area contributed by atoms with E-state index in [-0.39, 0.29) is 18.1 Å². The lowest BCUT2D eigenvalue weighted by Gasteiger charge is -2.26. The van der Waals surface area contributed by atoms with E-state index in [1.807, 2.05) is 36.4 Å². The van der Waals surface area contributed by atoms with Crippen LogP contribution in [0.3, 0.4) is 0 Å². The quantitative estimate of drug-likeness (QED) is 0.0868. The minimum absolute atomic E-state index is 0.106. The number of carbonyl (C=O) groups is 2. The number of rotatable bonds is 14. The van der Waals surface area contributed by atoms with E-state index in [1.165, 1.54) is 31.0 Å². The van der Waals surface area contributed by atoms with Gasteiger partial charge in [0.25, 0.3) is 5.91 Å². The van der Waals surface area contributed by atoms with Crippen LogP contribution in [0.5, 0.6) is 23.0 Å². The number of aromatic carboxylic acids is 1. The predicted molar refractivity (Wildman–Crippen MR) is 199 cm³/mol. The maximum atomic E-state index is 13.5. The summed E-state index contributed by atoms with van der Waals surface area (Å²) in [5.41, 5.74) is 2.89. The first-order valence-electron chi connectivity index (χ1n) is 16.3. The number of morpholine rings is 1.